The fraction of sp³-hybridized carbons (Fsp3) is 0.375. The molecule has 0 saturated carbocycles. The van der Waals surface area contributed by atoms with Crippen molar-refractivity contribution in [3.05, 3.63) is 65.2 Å². The molecule has 2 aromatic carbocycles. The molecule has 8 heteroatoms. The molecule has 3 rings (SSSR count). The maximum atomic E-state index is 12.7. The van der Waals surface area contributed by atoms with E-state index in [4.69, 9.17) is 5.26 Å². The van der Waals surface area contributed by atoms with E-state index >= 15 is 0 Å². The van der Waals surface area contributed by atoms with Gasteiger partial charge in [-0.3, -0.25) is 14.5 Å². The lowest BCUT2D eigenvalue weighted by molar-refractivity contribution is -0.132. The standard InChI is InChI=1S/C24H28N4O3S/c1-2-16-28(18-20-13-11-19(17-25)12-14-20)23(29)10-4-3-7-15-26-24-21-8-5-6-9-22(21)32(30,31)27-24/h5-6,8-9,11-14H,2-4,7,10,15-16,18H2,1H3,(H,26,27). The molecule has 32 heavy (non-hydrogen) atoms. The molecule has 7 nitrogen and oxygen atoms in total. The normalized spacial score (nSPS) is 15.1. The Hall–Kier alpha value is -3.18. The molecule has 0 saturated heterocycles. The molecule has 0 unspecified atom stereocenters. The van der Waals surface area contributed by atoms with Crippen LogP contribution in [0.1, 0.15) is 55.7 Å². The molecule has 1 N–H and O–H groups in total. The van der Waals surface area contributed by atoms with Gasteiger partial charge in [0.1, 0.15) is 5.84 Å². The summed E-state index contributed by atoms with van der Waals surface area (Å²) in [5.74, 6) is 0.521. The molecule has 0 radical (unpaired) electrons. The molecule has 0 aromatic heterocycles. The first kappa shape index (κ1) is 23.5. The number of amidine groups is 1. The SMILES string of the molecule is CCCN(Cc1ccc(C#N)cc1)C(=O)CCCCCN=C1NS(=O)(=O)c2ccccc21. The van der Waals surface area contributed by atoms with Crippen LogP contribution in [0.5, 0.6) is 0 Å². The van der Waals surface area contributed by atoms with Gasteiger partial charge < -0.3 is 4.90 Å². The molecule has 1 aliphatic rings. The highest BCUT2D eigenvalue weighted by Crippen LogP contribution is 2.22. The van der Waals surface area contributed by atoms with E-state index in [0.717, 1.165) is 31.2 Å². The first-order valence-electron chi connectivity index (χ1n) is 10.9. The minimum Gasteiger partial charge on any atom is -0.338 e. The third-order valence-electron chi connectivity index (χ3n) is 5.28. The third-order valence-corrected chi connectivity index (χ3v) is 6.68. The van der Waals surface area contributed by atoms with Crippen molar-refractivity contribution in [1.29, 1.82) is 5.26 Å². The third kappa shape index (κ3) is 5.95. The summed E-state index contributed by atoms with van der Waals surface area (Å²) < 4.78 is 26.7. The van der Waals surface area contributed by atoms with E-state index in [2.05, 4.69) is 15.8 Å². The van der Waals surface area contributed by atoms with E-state index in [1.807, 2.05) is 24.0 Å². The number of unbranched alkanes of at least 4 members (excludes halogenated alkanes) is 2. The summed E-state index contributed by atoms with van der Waals surface area (Å²) in [7, 11) is -3.51. The van der Waals surface area contributed by atoms with E-state index < -0.39 is 10.0 Å². The van der Waals surface area contributed by atoms with Crippen LogP contribution < -0.4 is 4.72 Å². The minimum atomic E-state index is -3.51. The highest BCUT2D eigenvalue weighted by atomic mass is 32.2. The Balaban J connectivity index is 1.44. The average molecular weight is 453 g/mol. The summed E-state index contributed by atoms with van der Waals surface area (Å²) in [5.41, 5.74) is 2.24. The van der Waals surface area contributed by atoms with E-state index in [-0.39, 0.29) is 10.8 Å². The molecule has 0 fully saturated rings. The van der Waals surface area contributed by atoms with E-state index in [1.165, 1.54) is 0 Å². The van der Waals surface area contributed by atoms with Crippen LogP contribution in [0.25, 0.3) is 0 Å². The van der Waals surface area contributed by atoms with Gasteiger partial charge in [-0.15, -0.1) is 0 Å². The van der Waals surface area contributed by atoms with Gasteiger partial charge in [-0.2, -0.15) is 5.26 Å². The fourth-order valence-corrected chi connectivity index (χ4v) is 4.88. The van der Waals surface area contributed by atoms with E-state index in [9.17, 15) is 13.2 Å². The number of carbonyl (C=O) groups is 1. The molecule has 1 aliphatic heterocycles. The molecule has 1 heterocycles. The Morgan fingerprint density at radius 2 is 1.84 bits per heavy atom. The minimum absolute atomic E-state index is 0.125. The lowest BCUT2D eigenvalue weighted by atomic mass is 10.1. The van der Waals surface area contributed by atoms with Crippen LogP contribution in [0.3, 0.4) is 0 Å². The zero-order valence-corrected chi connectivity index (χ0v) is 19.1. The number of nitriles is 1. The number of carbonyl (C=O) groups excluding carboxylic acids is 1. The zero-order valence-electron chi connectivity index (χ0n) is 18.3. The van der Waals surface area contributed by atoms with Crippen molar-refractivity contribution >= 4 is 21.8 Å². The number of amides is 1. The van der Waals surface area contributed by atoms with Gasteiger partial charge >= 0.3 is 0 Å². The van der Waals surface area contributed by atoms with Crippen LogP contribution in [0, 0.1) is 11.3 Å². The Labute approximate surface area is 189 Å². The first-order chi connectivity index (χ1) is 15.4. The van der Waals surface area contributed by atoms with Gasteiger partial charge in [0.15, 0.2) is 0 Å². The highest BCUT2D eigenvalue weighted by molar-refractivity contribution is 7.90. The van der Waals surface area contributed by atoms with Crippen molar-refractivity contribution in [2.45, 2.75) is 50.5 Å². The number of hydrogen-bond acceptors (Lipinski definition) is 5. The van der Waals surface area contributed by atoms with Crippen LogP contribution in [0.4, 0.5) is 0 Å². The summed E-state index contributed by atoms with van der Waals surface area (Å²) in [6.45, 7) is 3.80. The number of nitrogens with zero attached hydrogens (tertiary/aromatic N) is 3. The van der Waals surface area contributed by atoms with E-state index in [0.29, 0.717) is 43.0 Å². The van der Waals surface area contributed by atoms with Gasteiger partial charge in [0.25, 0.3) is 10.0 Å². The molecule has 0 atom stereocenters. The number of sulfonamides is 1. The number of nitrogens with one attached hydrogen (secondary N) is 1. The number of hydrogen-bond donors (Lipinski definition) is 1. The number of fused-ring (bicyclic) bond motifs is 1. The summed E-state index contributed by atoms with van der Waals surface area (Å²) in [4.78, 5) is 19.2. The van der Waals surface area contributed by atoms with Gasteiger partial charge in [0.05, 0.1) is 16.5 Å². The Morgan fingerprint density at radius 1 is 1.09 bits per heavy atom. The lowest BCUT2D eigenvalue weighted by Gasteiger charge is -2.22. The topological polar surface area (TPSA) is 103 Å². The second kappa shape index (κ2) is 10.9. The van der Waals surface area contributed by atoms with Gasteiger partial charge in [0.2, 0.25) is 5.91 Å². The second-order valence-corrected chi connectivity index (χ2v) is 9.42. The number of rotatable bonds is 10. The average Bonchev–Trinajstić information content (AvgIpc) is 3.06. The maximum Gasteiger partial charge on any atom is 0.263 e. The molecular weight excluding hydrogens is 424 g/mol. The fourth-order valence-electron chi connectivity index (χ4n) is 3.63. The van der Waals surface area contributed by atoms with Crippen LogP contribution in [0.2, 0.25) is 0 Å². The van der Waals surface area contributed by atoms with E-state index in [1.54, 1.807) is 36.4 Å². The Bertz CT molecular complexity index is 1120. The van der Waals surface area contributed by atoms with Gasteiger partial charge in [-0.05, 0) is 49.1 Å². The predicted octanol–water partition coefficient (Wildman–Crippen LogP) is 3.60. The largest absolute Gasteiger partial charge is 0.338 e. The quantitative estimate of drug-likeness (QED) is 0.556. The molecule has 0 bridgehead atoms. The van der Waals surface area contributed by atoms with Crippen LogP contribution >= 0.6 is 0 Å². The van der Waals surface area contributed by atoms with Crippen molar-refractivity contribution in [3.8, 4) is 6.07 Å². The van der Waals surface area contributed by atoms with Gasteiger partial charge in [0, 0.05) is 31.6 Å². The first-order valence-corrected chi connectivity index (χ1v) is 12.4. The van der Waals surface area contributed by atoms with Crippen molar-refractivity contribution in [2.24, 2.45) is 4.99 Å². The number of aliphatic imine (C=N–C) groups is 1. The summed E-state index contributed by atoms with van der Waals surface area (Å²) >= 11 is 0. The van der Waals surface area contributed by atoms with Crippen molar-refractivity contribution in [3.63, 3.8) is 0 Å². The van der Waals surface area contributed by atoms with Crippen molar-refractivity contribution in [2.75, 3.05) is 13.1 Å². The molecular formula is C24H28N4O3S. The van der Waals surface area contributed by atoms with Crippen LogP contribution in [-0.4, -0.2) is 38.2 Å². The van der Waals surface area contributed by atoms with Crippen LogP contribution in [0.15, 0.2) is 58.4 Å². The molecule has 168 valence electrons. The van der Waals surface area contributed by atoms with Crippen molar-refractivity contribution < 1.29 is 13.2 Å². The Morgan fingerprint density at radius 3 is 2.56 bits per heavy atom. The lowest BCUT2D eigenvalue weighted by Crippen LogP contribution is -2.31. The van der Waals surface area contributed by atoms with Gasteiger partial charge in [-0.1, -0.05) is 37.6 Å². The zero-order chi connectivity index (χ0) is 23.0. The Kier molecular flexibility index (Phi) is 8.01. The summed E-state index contributed by atoms with van der Waals surface area (Å²) in [5, 5.41) is 8.92. The summed E-state index contributed by atoms with van der Waals surface area (Å²) in [6.07, 6.45) is 3.75. The number of benzene rings is 2. The van der Waals surface area contributed by atoms with Gasteiger partial charge in [-0.25, -0.2) is 8.42 Å². The predicted molar refractivity (Wildman–Crippen MR) is 124 cm³/mol. The molecule has 0 aliphatic carbocycles. The highest BCUT2D eigenvalue weighted by Gasteiger charge is 2.29. The molecule has 0 spiro atoms. The molecule has 2 aromatic rings. The smallest absolute Gasteiger partial charge is 0.263 e. The monoisotopic (exact) mass is 452 g/mol. The molecule has 1 amide bonds. The van der Waals surface area contributed by atoms with Crippen molar-refractivity contribution in [1.82, 2.24) is 9.62 Å². The van der Waals surface area contributed by atoms with Crippen LogP contribution in [-0.2, 0) is 21.4 Å². The summed E-state index contributed by atoms with van der Waals surface area (Å²) in [6, 6.07) is 16.2. The maximum absolute atomic E-state index is 12.7. The second-order valence-electron chi connectivity index (χ2n) is 7.77.